The fourth-order valence-electron chi connectivity index (χ4n) is 2.13. The van der Waals surface area contributed by atoms with Crippen LogP contribution < -0.4 is 5.32 Å². The highest BCUT2D eigenvalue weighted by molar-refractivity contribution is 5.91. The van der Waals surface area contributed by atoms with E-state index in [2.05, 4.69) is 22.1 Å². The van der Waals surface area contributed by atoms with Crippen molar-refractivity contribution in [1.82, 2.24) is 4.98 Å². The van der Waals surface area contributed by atoms with E-state index in [9.17, 15) is 4.79 Å². The predicted octanol–water partition coefficient (Wildman–Crippen LogP) is 1.55. The molecule has 1 amide bonds. The molecule has 1 aliphatic rings. The van der Waals surface area contributed by atoms with Crippen LogP contribution in [0.4, 0.5) is 5.82 Å². The second-order valence-corrected chi connectivity index (χ2v) is 4.36. The number of pyridine rings is 1. The number of aromatic nitrogens is 1. The average Bonchev–Trinajstić information content (AvgIpc) is 2.91. The van der Waals surface area contributed by atoms with Gasteiger partial charge in [0.05, 0.1) is 0 Å². The van der Waals surface area contributed by atoms with Crippen molar-refractivity contribution in [2.45, 2.75) is 25.7 Å². The zero-order chi connectivity index (χ0) is 12.8. The molecule has 0 atom stereocenters. The molecule has 0 aliphatic heterocycles. The van der Waals surface area contributed by atoms with Crippen molar-refractivity contribution in [1.29, 1.82) is 0 Å². The molecule has 1 fully saturated rings. The summed E-state index contributed by atoms with van der Waals surface area (Å²) < 4.78 is 0. The van der Waals surface area contributed by atoms with E-state index in [1.165, 1.54) is 0 Å². The summed E-state index contributed by atoms with van der Waals surface area (Å²) in [5, 5.41) is 11.4. The van der Waals surface area contributed by atoms with Crippen LogP contribution in [0.15, 0.2) is 18.3 Å². The third-order valence-electron chi connectivity index (χ3n) is 3.05. The molecule has 1 aromatic rings. The maximum Gasteiger partial charge on any atom is 0.228 e. The summed E-state index contributed by atoms with van der Waals surface area (Å²) in [6.07, 6.45) is 5.80. The fraction of sp³-hybridized carbons (Fsp3) is 0.429. The zero-order valence-corrected chi connectivity index (χ0v) is 10.1. The Kier molecular flexibility index (Phi) is 4.32. The van der Waals surface area contributed by atoms with E-state index in [0.29, 0.717) is 5.82 Å². The third kappa shape index (κ3) is 3.31. The largest absolute Gasteiger partial charge is 0.384 e. The van der Waals surface area contributed by atoms with Gasteiger partial charge in [-0.2, -0.15) is 0 Å². The first kappa shape index (κ1) is 12.6. The molecule has 0 unspecified atom stereocenters. The number of nitrogens with zero attached hydrogens (tertiary/aromatic N) is 1. The van der Waals surface area contributed by atoms with Crippen LogP contribution >= 0.6 is 0 Å². The smallest absolute Gasteiger partial charge is 0.228 e. The van der Waals surface area contributed by atoms with Crippen LogP contribution in [0.3, 0.4) is 0 Å². The van der Waals surface area contributed by atoms with Gasteiger partial charge in [0.2, 0.25) is 5.91 Å². The van der Waals surface area contributed by atoms with Gasteiger partial charge in [0.1, 0.15) is 12.4 Å². The highest BCUT2D eigenvalue weighted by Gasteiger charge is 2.22. The lowest BCUT2D eigenvalue weighted by Crippen LogP contribution is -2.20. The van der Waals surface area contributed by atoms with Crippen molar-refractivity contribution >= 4 is 11.7 Å². The Morgan fingerprint density at radius 2 is 2.28 bits per heavy atom. The van der Waals surface area contributed by atoms with Gasteiger partial charge in [-0.3, -0.25) is 4.79 Å². The summed E-state index contributed by atoms with van der Waals surface area (Å²) in [6, 6.07) is 3.46. The predicted molar refractivity (Wildman–Crippen MR) is 68.8 cm³/mol. The number of rotatable bonds is 2. The molecule has 1 saturated carbocycles. The molecule has 2 rings (SSSR count). The number of amides is 1. The van der Waals surface area contributed by atoms with Crippen LogP contribution in [0.5, 0.6) is 0 Å². The Balaban J connectivity index is 2.02. The van der Waals surface area contributed by atoms with Crippen LogP contribution in [0.1, 0.15) is 31.2 Å². The normalized spacial score (nSPS) is 14.9. The molecule has 18 heavy (non-hydrogen) atoms. The van der Waals surface area contributed by atoms with Gasteiger partial charge in [0, 0.05) is 17.7 Å². The van der Waals surface area contributed by atoms with Crippen molar-refractivity contribution in [3.63, 3.8) is 0 Å². The minimum atomic E-state index is -0.175. The van der Waals surface area contributed by atoms with Crippen molar-refractivity contribution in [3.05, 3.63) is 23.9 Å². The lowest BCUT2D eigenvalue weighted by molar-refractivity contribution is -0.119. The van der Waals surface area contributed by atoms with Crippen LogP contribution in [-0.4, -0.2) is 22.6 Å². The second kappa shape index (κ2) is 6.18. The highest BCUT2D eigenvalue weighted by Crippen LogP contribution is 2.25. The average molecular weight is 244 g/mol. The minimum Gasteiger partial charge on any atom is -0.384 e. The quantitative estimate of drug-likeness (QED) is 0.776. The molecule has 1 aromatic heterocycles. The van der Waals surface area contributed by atoms with Crippen molar-refractivity contribution in [2.75, 3.05) is 11.9 Å². The first-order chi connectivity index (χ1) is 8.79. The summed E-state index contributed by atoms with van der Waals surface area (Å²) in [5.74, 6) is 6.05. The lowest BCUT2D eigenvalue weighted by Gasteiger charge is -2.09. The molecule has 0 spiro atoms. The monoisotopic (exact) mass is 244 g/mol. The number of nitrogens with one attached hydrogen (secondary N) is 1. The Labute approximate surface area is 106 Å². The van der Waals surface area contributed by atoms with Gasteiger partial charge in [-0.1, -0.05) is 24.7 Å². The fourth-order valence-corrected chi connectivity index (χ4v) is 2.13. The maximum atomic E-state index is 11.9. The molecular weight excluding hydrogens is 228 g/mol. The number of hydrogen-bond donors (Lipinski definition) is 2. The molecule has 0 bridgehead atoms. The topological polar surface area (TPSA) is 62.2 Å². The van der Waals surface area contributed by atoms with Crippen LogP contribution in [0.2, 0.25) is 0 Å². The van der Waals surface area contributed by atoms with Crippen LogP contribution in [-0.2, 0) is 4.79 Å². The highest BCUT2D eigenvalue weighted by atomic mass is 16.2. The van der Waals surface area contributed by atoms with Gasteiger partial charge in [-0.15, -0.1) is 0 Å². The van der Waals surface area contributed by atoms with Gasteiger partial charge in [-0.25, -0.2) is 4.98 Å². The van der Waals surface area contributed by atoms with Crippen molar-refractivity contribution < 1.29 is 9.90 Å². The summed E-state index contributed by atoms with van der Waals surface area (Å²) >= 11 is 0. The summed E-state index contributed by atoms with van der Waals surface area (Å²) in [7, 11) is 0. The molecule has 4 nitrogen and oxygen atoms in total. The number of anilines is 1. The molecule has 94 valence electrons. The molecule has 0 saturated heterocycles. The Morgan fingerprint density at radius 1 is 1.50 bits per heavy atom. The number of aliphatic hydroxyl groups is 1. The maximum absolute atomic E-state index is 11.9. The summed E-state index contributed by atoms with van der Waals surface area (Å²) in [4.78, 5) is 16.0. The van der Waals surface area contributed by atoms with E-state index < -0.39 is 0 Å². The van der Waals surface area contributed by atoms with E-state index in [1.54, 1.807) is 18.3 Å². The molecule has 1 heterocycles. The lowest BCUT2D eigenvalue weighted by atomic mass is 10.1. The van der Waals surface area contributed by atoms with Gasteiger partial charge in [0.15, 0.2) is 0 Å². The molecular formula is C14H16N2O2. The molecule has 1 aliphatic carbocycles. The minimum absolute atomic E-state index is 0.0484. The molecule has 4 heteroatoms. The first-order valence-electron chi connectivity index (χ1n) is 6.16. The molecule has 2 N–H and O–H groups in total. The summed E-state index contributed by atoms with van der Waals surface area (Å²) in [5.41, 5.74) is 0.737. The van der Waals surface area contributed by atoms with Gasteiger partial charge < -0.3 is 10.4 Å². The Hall–Kier alpha value is -1.86. The molecule has 0 aromatic carbocycles. The first-order valence-corrected chi connectivity index (χ1v) is 6.16. The third-order valence-corrected chi connectivity index (χ3v) is 3.05. The number of aliphatic hydroxyl groups excluding tert-OH is 1. The van der Waals surface area contributed by atoms with E-state index in [4.69, 9.17) is 5.11 Å². The van der Waals surface area contributed by atoms with E-state index in [-0.39, 0.29) is 18.4 Å². The van der Waals surface area contributed by atoms with Gasteiger partial charge >= 0.3 is 0 Å². The SMILES string of the molecule is O=C(Nc1cc(C#CCO)ccn1)C1CCCC1. The number of carbonyl (C=O) groups is 1. The molecule has 0 radical (unpaired) electrons. The second-order valence-electron chi connectivity index (χ2n) is 4.36. The van der Waals surface area contributed by atoms with Crippen LogP contribution in [0, 0.1) is 17.8 Å². The Bertz CT molecular complexity index is 482. The van der Waals surface area contributed by atoms with E-state index in [1.807, 2.05) is 0 Å². The van der Waals surface area contributed by atoms with Gasteiger partial charge in [-0.05, 0) is 25.0 Å². The standard InChI is InChI=1S/C14H16N2O2/c17-9-3-4-11-7-8-15-13(10-11)16-14(18)12-5-1-2-6-12/h7-8,10,12,17H,1-2,5-6,9H2,(H,15,16,18). The van der Waals surface area contributed by atoms with Gasteiger partial charge in [0.25, 0.3) is 0 Å². The summed E-state index contributed by atoms with van der Waals surface area (Å²) in [6.45, 7) is -0.175. The van der Waals surface area contributed by atoms with Crippen molar-refractivity contribution in [3.8, 4) is 11.8 Å². The van der Waals surface area contributed by atoms with E-state index >= 15 is 0 Å². The zero-order valence-electron chi connectivity index (χ0n) is 10.1. The number of hydrogen-bond acceptors (Lipinski definition) is 3. The van der Waals surface area contributed by atoms with Crippen LogP contribution in [0.25, 0.3) is 0 Å². The van der Waals surface area contributed by atoms with E-state index in [0.717, 1.165) is 31.2 Å². The number of carbonyl (C=O) groups excluding carboxylic acids is 1. The Morgan fingerprint density at radius 3 is 3.00 bits per heavy atom. The van der Waals surface area contributed by atoms with Crippen molar-refractivity contribution in [2.24, 2.45) is 5.92 Å².